The van der Waals surface area contributed by atoms with Crippen LogP contribution in [0.2, 0.25) is 0 Å². The Morgan fingerprint density at radius 3 is 2.53 bits per heavy atom. The third kappa shape index (κ3) is 5.06. The molecule has 102 valence electrons. The highest BCUT2D eigenvalue weighted by Gasteiger charge is 2.22. The molecule has 1 rings (SSSR count). The standard InChI is InChI=1S/C15H18O4/c1-11(14(17)10-15(18)19-2)13(16)9-8-12-6-4-3-5-7-12/h3-9,11,13,16H,10H2,1-2H3. The van der Waals surface area contributed by atoms with Gasteiger partial charge < -0.3 is 9.84 Å². The van der Waals surface area contributed by atoms with E-state index in [1.807, 2.05) is 30.3 Å². The van der Waals surface area contributed by atoms with Crippen LogP contribution in [0.4, 0.5) is 0 Å². The first-order valence-electron chi connectivity index (χ1n) is 6.05. The van der Waals surface area contributed by atoms with Crippen LogP contribution >= 0.6 is 0 Å². The van der Waals surface area contributed by atoms with Crippen LogP contribution in [0.3, 0.4) is 0 Å². The summed E-state index contributed by atoms with van der Waals surface area (Å²) in [6, 6.07) is 9.46. The molecule has 0 radical (unpaired) electrons. The third-order valence-corrected chi connectivity index (χ3v) is 2.85. The zero-order chi connectivity index (χ0) is 14.3. The molecule has 0 saturated heterocycles. The van der Waals surface area contributed by atoms with Crippen molar-refractivity contribution in [3.05, 3.63) is 42.0 Å². The van der Waals surface area contributed by atoms with E-state index in [1.165, 1.54) is 7.11 Å². The van der Waals surface area contributed by atoms with E-state index in [2.05, 4.69) is 4.74 Å². The molecule has 0 spiro atoms. The van der Waals surface area contributed by atoms with Crippen LogP contribution in [-0.2, 0) is 14.3 Å². The van der Waals surface area contributed by atoms with Crippen LogP contribution in [0.1, 0.15) is 18.9 Å². The Hall–Kier alpha value is -1.94. The third-order valence-electron chi connectivity index (χ3n) is 2.85. The first-order valence-corrected chi connectivity index (χ1v) is 6.05. The molecular weight excluding hydrogens is 244 g/mol. The number of carbonyl (C=O) groups excluding carboxylic acids is 2. The molecule has 0 aromatic heterocycles. The monoisotopic (exact) mass is 262 g/mol. The number of carbonyl (C=O) groups is 2. The Morgan fingerprint density at radius 2 is 1.95 bits per heavy atom. The van der Waals surface area contributed by atoms with Crippen molar-refractivity contribution >= 4 is 17.8 Å². The first-order chi connectivity index (χ1) is 9.04. The lowest BCUT2D eigenvalue weighted by atomic mass is 9.96. The van der Waals surface area contributed by atoms with Gasteiger partial charge in [-0.25, -0.2) is 0 Å². The van der Waals surface area contributed by atoms with Crippen LogP contribution in [-0.4, -0.2) is 30.1 Å². The van der Waals surface area contributed by atoms with E-state index in [4.69, 9.17) is 0 Å². The zero-order valence-electron chi connectivity index (χ0n) is 11.1. The molecule has 0 heterocycles. The Bertz CT molecular complexity index is 450. The second kappa shape index (κ2) is 7.48. The average Bonchev–Trinajstić information content (AvgIpc) is 2.44. The SMILES string of the molecule is COC(=O)CC(=O)C(C)C(O)C=Cc1ccccc1. The fourth-order valence-corrected chi connectivity index (χ4v) is 1.51. The van der Waals surface area contributed by atoms with Crippen molar-refractivity contribution < 1.29 is 19.4 Å². The summed E-state index contributed by atoms with van der Waals surface area (Å²) in [5.74, 6) is -1.56. The molecule has 0 bridgehead atoms. The van der Waals surface area contributed by atoms with Gasteiger partial charge in [-0.2, -0.15) is 0 Å². The topological polar surface area (TPSA) is 63.6 Å². The molecule has 0 aliphatic heterocycles. The average molecular weight is 262 g/mol. The van der Waals surface area contributed by atoms with Gasteiger partial charge in [0.1, 0.15) is 12.2 Å². The number of esters is 1. The van der Waals surface area contributed by atoms with E-state index in [9.17, 15) is 14.7 Å². The molecule has 2 unspecified atom stereocenters. The molecule has 0 aliphatic rings. The highest BCUT2D eigenvalue weighted by molar-refractivity contribution is 5.97. The molecular formula is C15H18O4. The van der Waals surface area contributed by atoms with Gasteiger partial charge in [0.15, 0.2) is 0 Å². The lowest BCUT2D eigenvalue weighted by Gasteiger charge is -2.13. The molecule has 0 aliphatic carbocycles. The Balaban J connectivity index is 2.57. The summed E-state index contributed by atoms with van der Waals surface area (Å²) >= 11 is 0. The van der Waals surface area contributed by atoms with Crippen molar-refractivity contribution in [2.75, 3.05) is 7.11 Å². The van der Waals surface area contributed by atoms with Crippen LogP contribution in [0.15, 0.2) is 36.4 Å². The number of rotatable bonds is 6. The van der Waals surface area contributed by atoms with E-state index in [1.54, 1.807) is 19.1 Å². The number of Topliss-reactive ketones (excluding diaryl/α,β-unsaturated/α-hetero) is 1. The fourth-order valence-electron chi connectivity index (χ4n) is 1.51. The van der Waals surface area contributed by atoms with Crippen molar-refractivity contribution in [1.82, 2.24) is 0 Å². The Labute approximate surface area is 112 Å². The minimum absolute atomic E-state index is 0.312. The fraction of sp³-hybridized carbons (Fsp3) is 0.333. The van der Waals surface area contributed by atoms with Crippen molar-refractivity contribution in [2.24, 2.45) is 5.92 Å². The van der Waals surface area contributed by atoms with Gasteiger partial charge in [-0.1, -0.05) is 49.4 Å². The van der Waals surface area contributed by atoms with Gasteiger partial charge >= 0.3 is 5.97 Å². The second-order valence-electron chi connectivity index (χ2n) is 4.27. The number of ether oxygens (including phenoxy) is 1. The van der Waals surface area contributed by atoms with Gasteiger partial charge in [0.2, 0.25) is 0 Å². The van der Waals surface area contributed by atoms with E-state index >= 15 is 0 Å². The molecule has 0 amide bonds. The largest absolute Gasteiger partial charge is 0.469 e. The lowest BCUT2D eigenvalue weighted by Crippen LogP contribution is -2.26. The lowest BCUT2D eigenvalue weighted by molar-refractivity contribution is -0.144. The summed E-state index contributed by atoms with van der Waals surface area (Å²) in [5, 5.41) is 9.88. The summed E-state index contributed by atoms with van der Waals surface area (Å²) < 4.78 is 4.42. The molecule has 4 nitrogen and oxygen atoms in total. The minimum Gasteiger partial charge on any atom is -0.469 e. The zero-order valence-corrected chi connectivity index (χ0v) is 11.1. The second-order valence-corrected chi connectivity index (χ2v) is 4.27. The highest BCUT2D eigenvalue weighted by atomic mass is 16.5. The molecule has 1 aromatic carbocycles. The van der Waals surface area contributed by atoms with Crippen LogP contribution in [0, 0.1) is 5.92 Å². The van der Waals surface area contributed by atoms with Crippen molar-refractivity contribution in [2.45, 2.75) is 19.4 Å². The van der Waals surface area contributed by atoms with Crippen LogP contribution in [0.5, 0.6) is 0 Å². The molecule has 0 fully saturated rings. The minimum atomic E-state index is -0.919. The van der Waals surface area contributed by atoms with E-state index < -0.39 is 18.0 Å². The van der Waals surface area contributed by atoms with Crippen molar-refractivity contribution in [1.29, 1.82) is 0 Å². The maximum absolute atomic E-state index is 11.7. The molecule has 4 heteroatoms. The number of benzene rings is 1. The highest BCUT2D eigenvalue weighted by Crippen LogP contribution is 2.11. The molecule has 1 N–H and O–H groups in total. The number of hydrogen-bond acceptors (Lipinski definition) is 4. The first kappa shape index (κ1) is 15.1. The molecule has 0 saturated carbocycles. The summed E-state index contributed by atoms with van der Waals surface area (Å²) in [6.07, 6.45) is 2.06. The molecule has 2 atom stereocenters. The number of aliphatic hydroxyl groups is 1. The smallest absolute Gasteiger partial charge is 0.313 e. The summed E-state index contributed by atoms with van der Waals surface area (Å²) in [7, 11) is 1.23. The van der Waals surface area contributed by atoms with Gasteiger partial charge in [0.25, 0.3) is 0 Å². The number of methoxy groups -OCH3 is 1. The van der Waals surface area contributed by atoms with Crippen molar-refractivity contribution in [3.8, 4) is 0 Å². The van der Waals surface area contributed by atoms with Gasteiger partial charge in [0, 0.05) is 5.92 Å². The quantitative estimate of drug-likeness (QED) is 0.627. The van der Waals surface area contributed by atoms with E-state index in [0.29, 0.717) is 0 Å². The number of hydrogen-bond donors (Lipinski definition) is 1. The maximum Gasteiger partial charge on any atom is 0.313 e. The summed E-state index contributed by atoms with van der Waals surface area (Å²) in [5.41, 5.74) is 0.939. The Kier molecular flexibility index (Phi) is 5.96. The predicted molar refractivity (Wildman–Crippen MR) is 72.3 cm³/mol. The summed E-state index contributed by atoms with van der Waals surface area (Å²) in [6.45, 7) is 1.59. The van der Waals surface area contributed by atoms with Crippen LogP contribution in [0.25, 0.3) is 6.08 Å². The summed E-state index contributed by atoms with van der Waals surface area (Å²) in [4.78, 5) is 22.7. The normalized spacial score (nSPS) is 14.1. The van der Waals surface area contributed by atoms with Gasteiger partial charge in [0.05, 0.1) is 13.2 Å². The van der Waals surface area contributed by atoms with Crippen molar-refractivity contribution in [3.63, 3.8) is 0 Å². The molecule has 19 heavy (non-hydrogen) atoms. The van der Waals surface area contributed by atoms with Gasteiger partial charge in [-0.05, 0) is 5.56 Å². The number of aliphatic hydroxyl groups excluding tert-OH is 1. The Morgan fingerprint density at radius 1 is 1.32 bits per heavy atom. The van der Waals surface area contributed by atoms with Gasteiger partial charge in [-0.3, -0.25) is 9.59 Å². The molecule has 1 aromatic rings. The number of ketones is 1. The van der Waals surface area contributed by atoms with Crippen LogP contribution < -0.4 is 0 Å². The van der Waals surface area contributed by atoms with E-state index in [0.717, 1.165) is 5.56 Å². The van der Waals surface area contributed by atoms with E-state index in [-0.39, 0.29) is 12.2 Å². The maximum atomic E-state index is 11.7. The predicted octanol–water partition coefficient (Wildman–Crippen LogP) is 1.83. The van der Waals surface area contributed by atoms with Gasteiger partial charge in [-0.15, -0.1) is 0 Å².